The number of nitrogens with two attached hydrogens (primary N) is 1. The average Bonchev–Trinajstić information content (AvgIpc) is 2.82. The molecule has 20 heavy (non-hydrogen) atoms. The Morgan fingerprint density at radius 2 is 2.15 bits per heavy atom. The van der Waals surface area contributed by atoms with Gasteiger partial charge in [-0.25, -0.2) is 19.0 Å². The second-order valence-corrected chi connectivity index (χ2v) is 7.52. The summed E-state index contributed by atoms with van der Waals surface area (Å²) in [7, 11) is -2.40. The topological polar surface area (TPSA) is 137 Å². The van der Waals surface area contributed by atoms with Crippen molar-refractivity contribution in [2.75, 3.05) is 19.1 Å². The number of nitrogen functional groups attached to an aromatic ring is 1. The monoisotopic (exact) mass is 324 g/mol. The molecule has 0 saturated heterocycles. The molecular formula is C9H16N4O5S2. The summed E-state index contributed by atoms with van der Waals surface area (Å²) >= 11 is 0.684. The first-order valence-corrected chi connectivity index (χ1v) is 7.72. The van der Waals surface area contributed by atoms with Crippen LogP contribution in [-0.2, 0) is 14.8 Å². The number of thiophene rings is 1. The molecule has 0 aliphatic carbocycles. The Kier molecular flexibility index (Phi) is 5.05. The average molecular weight is 324 g/mol. The predicted molar refractivity (Wildman–Crippen MR) is 75.1 cm³/mol. The predicted octanol–water partition coefficient (Wildman–Crippen LogP) is 0.645. The Bertz CT molecular complexity index is 595. The van der Waals surface area contributed by atoms with E-state index >= 15 is 0 Å². The number of methoxy groups -OCH3 is 1. The summed E-state index contributed by atoms with van der Waals surface area (Å²) in [5.41, 5.74) is 1.04. The lowest BCUT2D eigenvalue weighted by atomic mass is 10.1. The molecule has 0 fully saturated rings. The van der Waals surface area contributed by atoms with Crippen molar-refractivity contribution >= 4 is 32.0 Å². The summed E-state index contributed by atoms with van der Waals surface area (Å²) in [6.45, 7) is 3.45. The highest BCUT2D eigenvalue weighted by atomic mass is 32.2. The fourth-order valence-electron chi connectivity index (χ4n) is 1.14. The van der Waals surface area contributed by atoms with Crippen LogP contribution in [0, 0.1) is 10.1 Å². The molecule has 11 heteroatoms. The standard InChI is InChI=1S/C9H16N4O5S2/c1-9(2,18-3)5-11-20(16,17)7-4-6(13(14)15)8(12-10)19-7/h4,11-12H,5,10H2,1-3H3. The van der Waals surface area contributed by atoms with Crippen LogP contribution in [0.15, 0.2) is 10.3 Å². The maximum absolute atomic E-state index is 12.1. The number of nitro groups is 1. The van der Waals surface area contributed by atoms with Crippen LogP contribution in [0.4, 0.5) is 10.7 Å². The van der Waals surface area contributed by atoms with E-state index in [1.165, 1.54) is 7.11 Å². The van der Waals surface area contributed by atoms with Gasteiger partial charge in [0.05, 0.1) is 10.5 Å². The molecule has 0 saturated carbocycles. The highest BCUT2D eigenvalue weighted by molar-refractivity contribution is 7.91. The minimum absolute atomic E-state index is 0.0265. The normalized spacial score (nSPS) is 12.4. The smallest absolute Gasteiger partial charge is 0.306 e. The first kappa shape index (κ1) is 16.8. The molecule has 0 aliphatic heterocycles. The van der Waals surface area contributed by atoms with Gasteiger partial charge < -0.3 is 10.2 Å². The third-order valence-corrected chi connectivity index (χ3v) is 5.45. The zero-order valence-electron chi connectivity index (χ0n) is 11.2. The lowest BCUT2D eigenvalue weighted by Crippen LogP contribution is -2.39. The minimum atomic E-state index is -3.86. The Balaban J connectivity index is 3.02. The van der Waals surface area contributed by atoms with Gasteiger partial charge in [0.15, 0.2) is 5.00 Å². The van der Waals surface area contributed by atoms with Crippen LogP contribution in [0.3, 0.4) is 0 Å². The first-order valence-electron chi connectivity index (χ1n) is 5.42. The molecule has 9 nitrogen and oxygen atoms in total. The van der Waals surface area contributed by atoms with Gasteiger partial charge in [-0.2, -0.15) is 0 Å². The molecule has 0 radical (unpaired) electrons. The molecule has 0 aliphatic rings. The quantitative estimate of drug-likeness (QED) is 0.380. The van der Waals surface area contributed by atoms with Gasteiger partial charge in [0, 0.05) is 19.7 Å². The lowest BCUT2D eigenvalue weighted by Gasteiger charge is -2.22. The van der Waals surface area contributed by atoms with Crippen molar-refractivity contribution in [1.29, 1.82) is 0 Å². The van der Waals surface area contributed by atoms with Gasteiger partial charge >= 0.3 is 5.69 Å². The second kappa shape index (κ2) is 6.01. The van der Waals surface area contributed by atoms with Gasteiger partial charge in [0.2, 0.25) is 10.0 Å². The van der Waals surface area contributed by atoms with Crippen molar-refractivity contribution in [1.82, 2.24) is 4.72 Å². The van der Waals surface area contributed by atoms with E-state index in [-0.39, 0.29) is 21.4 Å². The van der Waals surface area contributed by atoms with Crippen LogP contribution in [0.1, 0.15) is 13.8 Å². The number of anilines is 1. The Labute approximate surface area is 120 Å². The fourth-order valence-corrected chi connectivity index (χ4v) is 3.62. The van der Waals surface area contributed by atoms with E-state index in [0.717, 1.165) is 6.07 Å². The molecule has 0 unspecified atom stereocenters. The van der Waals surface area contributed by atoms with E-state index < -0.39 is 20.5 Å². The number of nitrogens with one attached hydrogen (secondary N) is 2. The van der Waals surface area contributed by atoms with E-state index in [2.05, 4.69) is 10.1 Å². The number of hydrazine groups is 1. The number of ether oxygens (including phenoxy) is 1. The van der Waals surface area contributed by atoms with Crippen LogP contribution in [0.2, 0.25) is 0 Å². The highest BCUT2D eigenvalue weighted by Gasteiger charge is 2.27. The summed E-state index contributed by atoms with van der Waals surface area (Å²) in [5.74, 6) is 5.13. The second-order valence-electron chi connectivity index (χ2n) is 4.47. The summed E-state index contributed by atoms with van der Waals surface area (Å²) < 4.78 is 31.3. The maximum atomic E-state index is 12.1. The van der Waals surface area contributed by atoms with E-state index in [1.54, 1.807) is 13.8 Å². The number of hydrogen-bond acceptors (Lipinski definition) is 8. The molecule has 0 aromatic carbocycles. The molecule has 0 bridgehead atoms. The molecule has 4 N–H and O–H groups in total. The molecule has 1 rings (SSSR count). The molecule has 0 spiro atoms. The van der Waals surface area contributed by atoms with Crippen LogP contribution in [0.5, 0.6) is 0 Å². The first-order chi connectivity index (χ1) is 9.13. The maximum Gasteiger partial charge on any atom is 0.306 e. The lowest BCUT2D eigenvalue weighted by molar-refractivity contribution is -0.383. The largest absolute Gasteiger partial charge is 0.377 e. The molecule has 1 aromatic rings. The van der Waals surface area contributed by atoms with Crippen molar-refractivity contribution in [3.8, 4) is 0 Å². The number of nitrogens with zero attached hydrogens (tertiary/aromatic N) is 1. The van der Waals surface area contributed by atoms with Gasteiger partial charge in [-0.3, -0.25) is 10.1 Å². The number of hydrogen-bond donors (Lipinski definition) is 3. The van der Waals surface area contributed by atoms with E-state index in [1.807, 2.05) is 0 Å². The fraction of sp³-hybridized carbons (Fsp3) is 0.556. The summed E-state index contributed by atoms with van der Waals surface area (Å²) in [4.78, 5) is 10.1. The van der Waals surface area contributed by atoms with Crippen molar-refractivity contribution in [2.45, 2.75) is 23.7 Å². The van der Waals surface area contributed by atoms with Crippen molar-refractivity contribution in [2.24, 2.45) is 5.84 Å². The SMILES string of the molecule is COC(C)(C)CNS(=O)(=O)c1cc([N+](=O)[O-])c(NN)s1. The molecule has 114 valence electrons. The van der Waals surface area contributed by atoms with E-state index in [0.29, 0.717) is 11.3 Å². The van der Waals surface area contributed by atoms with Crippen molar-refractivity contribution < 1.29 is 18.1 Å². The van der Waals surface area contributed by atoms with Crippen molar-refractivity contribution in [3.05, 3.63) is 16.2 Å². The molecule has 1 heterocycles. The molecule has 1 aromatic heterocycles. The summed E-state index contributed by atoms with van der Waals surface area (Å²) in [5, 5.41) is 10.7. The number of sulfonamides is 1. The van der Waals surface area contributed by atoms with E-state index in [9.17, 15) is 18.5 Å². The zero-order valence-corrected chi connectivity index (χ0v) is 12.8. The molecular weight excluding hydrogens is 308 g/mol. The van der Waals surface area contributed by atoms with Gasteiger partial charge in [-0.15, -0.1) is 0 Å². The molecule has 0 amide bonds. The van der Waals surface area contributed by atoms with Crippen LogP contribution in [0.25, 0.3) is 0 Å². The van der Waals surface area contributed by atoms with Gasteiger partial charge in [0.1, 0.15) is 4.21 Å². The van der Waals surface area contributed by atoms with Gasteiger partial charge in [-0.1, -0.05) is 11.3 Å². The van der Waals surface area contributed by atoms with Gasteiger partial charge in [0.25, 0.3) is 0 Å². The molecule has 0 atom stereocenters. The zero-order chi connectivity index (χ0) is 15.6. The Morgan fingerprint density at radius 3 is 2.55 bits per heavy atom. The minimum Gasteiger partial charge on any atom is -0.377 e. The highest BCUT2D eigenvalue weighted by Crippen LogP contribution is 2.36. The Morgan fingerprint density at radius 1 is 1.55 bits per heavy atom. The van der Waals surface area contributed by atoms with E-state index in [4.69, 9.17) is 10.6 Å². The number of rotatable bonds is 7. The van der Waals surface area contributed by atoms with Crippen molar-refractivity contribution in [3.63, 3.8) is 0 Å². The summed E-state index contributed by atoms with van der Waals surface area (Å²) in [6.07, 6.45) is 0. The van der Waals surface area contributed by atoms with Crippen LogP contribution < -0.4 is 16.0 Å². The third kappa shape index (κ3) is 3.86. The third-order valence-electron chi connectivity index (χ3n) is 2.52. The van der Waals surface area contributed by atoms with Gasteiger partial charge in [-0.05, 0) is 13.8 Å². The Hall–Kier alpha value is -1.27. The summed E-state index contributed by atoms with van der Waals surface area (Å²) in [6, 6.07) is 0.960. The van der Waals surface area contributed by atoms with Crippen LogP contribution in [-0.4, -0.2) is 32.6 Å². The van der Waals surface area contributed by atoms with Crippen LogP contribution >= 0.6 is 11.3 Å².